The van der Waals surface area contributed by atoms with Gasteiger partial charge in [0.05, 0.1) is 6.61 Å². The van der Waals surface area contributed by atoms with Crippen molar-refractivity contribution in [2.75, 3.05) is 6.61 Å². The van der Waals surface area contributed by atoms with Gasteiger partial charge in [-0.1, -0.05) is 13.3 Å². The smallest absolute Gasteiger partial charge is 0.292 e. The summed E-state index contributed by atoms with van der Waals surface area (Å²) in [5.41, 5.74) is 5.39. The second-order valence-corrected chi connectivity index (χ2v) is 5.00. The highest BCUT2D eigenvalue weighted by atomic mass is 16.5. The highest BCUT2D eigenvalue weighted by molar-refractivity contribution is 5.17. The fraction of sp³-hybridized carbons (Fsp3) is 0.615. The topological polar surface area (TPSA) is 57.2 Å². The maximum Gasteiger partial charge on any atom is 0.292 e. The normalized spacial score (nSPS) is 11.5. The number of hydrogen-bond acceptors (Lipinski definition) is 3. The van der Waals surface area contributed by atoms with Gasteiger partial charge in [-0.25, -0.2) is 0 Å². The highest BCUT2D eigenvalue weighted by Crippen LogP contribution is 2.06. The molecule has 4 heteroatoms. The Morgan fingerprint density at radius 3 is 2.76 bits per heavy atom. The zero-order valence-electron chi connectivity index (χ0n) is 10.9. The van der Waals surface area contributed by atoms with Crippen LogP contribution >= 0.6 is 0 Å². The standard InChI is InChI=1S/C13H22N2O2/c1-4-5-9-17-11-7-6-8-15(12(11)16)10-13(2,3)14/h6-8H,4-5,9-10,14H2,1-3H3. The minimum Gasteiger partial charge on any atom is -0.488 e. The molecule has 0 bridgehead atoms. The van der Waals surface area contributed by atoms with Crippen molar-refractivity contribution in [1.29, 1.82) is 0 Å². The number of ether oxygens (including phenoxy) is 1. The van der Waals surface area contributed by atoms with Crippen LogP contribution in [0.25, 0.3) is 0 Å². The van der Waals surface area contributed by atoms with Gasteiger partial charge < -0.3 is 15.0 Å². The third kappa shape index (κ3) is 4.61. The van der Waals surface area contributed by atoms with Crippen LogP contribution in [0.5, 0.6) is 5.75 Å². The van der Waals surface area contributed by atoms with Crippen LogP contribution in [-0.2, 0) is 6.54 Å². The number of aromatic nitrogens is 1. The lowest BCUT2D eigenvalue weighted by Crippen LogP contribution is -2.40. The Morgan fingerprint density at radius 1 is 1.47 bits per heavy atom. The molecule has 0 spiro atoms. The Labute approximate surface area is 102 Å². The third-order valence-electron chi connectivity index (χ3n) is 2.32. The molecule has 2 N–H and O–H groups in total. The molecule has 1 aromatic rings. The van der Waals surface area contributed by atoms with Gasteiger partial charge in [-0.05, 0) is 32.4 Å². The molecule has 0 aliphatic rings. The Balaban J connectivity index is 2.81. The second kappa shape index (κ2) is 5.87. The lowest BCUT2D eigenvalue weighted by Gasteiger charge is -2.20. The fourth-order valence-corrected chi connectivity index (χ4v) is 1.51. The molecule has 1 rings (SSSR count). The molecular formula is C13H22N2O2. The SMILES string of the molecule is CCCCOc1cccn(CC(C)(C)N)c1=O. The molecule has 1 aromatic heterocycles. The number of pyridine rings is 1. The van der Waals surface area contributed by atoms with Gasteiger partial charge in [0.15, 0.2) is 5.75 Å². The zero-order valence-corrected chi connectivity index (χ0v) is 10.9. The average molecular weight is 238 g/mol. The van der Waals surface area contributed by atoms with Crippen LogP contribution in [0, 0.1) is 0 Å². The van der Waals surface area contributed by atoms with Gasteiger partial charge >= 0.3 is 0 Å². The van der Waals surface area contributed by atoms with Crippen molar-refractivity contribution >= 4 is 0 Å². The Kier molecular flexibility index (Phi) is 4.75. The first-order chi connectivity index (χ1) is 7.94. The molecule has 0 saturated heterocycles. The van der Waals surface area contributed by atoms with E-state index in [2.05, 4.69) is 6.92 Å². The fourth-order valence-electron chi connectivity index (χ4n) is 1.51. The van der Waals surface area contributed by atoms with Crippen molar-refractivity contribution in [2.24, 2.45) is 5.73 Å². The van der Waals surface area contributed by atoms with Crippen molar-refractivity contribution in [1.82, 2.24) is 4.57 Å². The predicted molar refractivity (Wildman–Crippen MR) is 69.4 cm³/mol. The van der Waals surface area contributed by atoms with Gasteiger partial charge in [-0.2, -0.15) is 0 Å². The lowest BCUT2D eigenvalue weighted by atomic mass is 10.1. The highest BCUT2D eigenvalue weighted by Gasteiger charge is 2.13. The van der Waals surface area contributed by atoms with Crippen LogP contribution in [0.1, 0.15) is 33.6 Å². The molecule has 0 atom stereocenters. The predicted octanol–water partition coefficient (Wildman–Crippen LogP) is 1.76. The van der Waals surface area contributed by atoms with Gasteiger partial charge in [-0.15, -0.1) is 0 Å². The Bertz CT molecular complexity index is 405. The van der Waals surface area contributed by atoms with Crippen LogP contribution in [0.3, 0.4) is 0 Å². The molecule has 0 amide bonds. The Hall–Kier alpha value is -1.29. The second-order valence-electron chi connectivity index (χ2n) is 5.00. The van der Waals surface area contributed by atoms with Crippen molar-refractivity contribution in [2.45, 2.75) is 45.7 Å². The molecule has 0 aliphatic heterocycles. The van der Waals surface area contributed by atoms with Gasteiger partial charge in [0, 0.05) is 18.3 Å². The summed E-state index contributed by atoms with van der Waals surface area (Å²) in [4.78, 5) is 12.0. The molecule has 0 aromatic carbocycles. The molecule has 0 fully saturated rings. The minimum absolute atomic E-state index is 0.109. The largest absolute Gasteiger partial charge is 0.488 e. The molecule has 0 saturated carbocycles. The van der Waals surface area contributed by atoms with Gasteiger partial charge in [0.1, 0.15) is 0 Å². The summed E-state index contributed by atoms with van der Waals surface area (Å²) in [5.74, 6) is 0.408. The molecule has 1 heterocycles. The number of nitrogens with two attached hydrogens (primary N) is 1. The molecular weight excluding hydrogens is 216 g/mol. The van der Waals surface area contributed by atoms with Crippen LogP contribution in [0.2, 0.25) is 0 Å². The zero-order chi connectivity index (χ0) is 12.9. The van der Waals surface area contributed by atoms with E-state index in [1.165, 1.54) is 0 Å². The number of nitrogens with zero attached hydrogens (tertiary/aromatic N) is 1. The van der Waals surface area contributed by atoms with Crippen molar-refractivity contribution in [3.8, 4) is 5.75 Å². The molecule has 0 aliphatic carbocycles. The first-order valence-corrected chi connectivity index (χ1v) is 6.05. The van der Waals surface area contributed by atoms with Crippen LogP contribution in [0.15, 0.2) is 23.1 Å². The summed E-state index contributed by atoms with van der Waals surface area (Å²) >= 11 is 0. The average Bonchev–Trinajstić information content (AvgIpc) is 2.22. The van der Waals surface area contributed by atoms with Crippen molar-refractivity contribution < 1.29 is 4.74 Å². The van der Waals surface area contributed by atoms with Crippen LogP contribution in [0.4, 0.5) is 0 Å². The van der Waals surface area contributed by atoms with E-state index >= 15 is 0 Å². The summed E-state index contributed by atoms with van der Waals surface area (Å²) in [7, 11) is 0. The maximum absolute atomic E-state index is 12.0. The number of hydrogen-bond donors (Lipinski definition) is 1. The summed E-state index contributed by atoms with van der Waals surface area (Å²) in [6, 6.07) is 3.52. The van der Waals surface area contributed by atoms with Gasteiger partial charge in [0.25, 0.3) is 5.56 Å². The quantitative estimate of drug-likeness (QED) is 0.768. The first-order valence-electron chi connectivity index (χ1n) is 6.05. The van der Waals surface area contributed by atoms with E-state index in [0.717, 1.165) is 12.8 Å². The first kappa shape index (κ1) is 13.8. The number of unbranched alkanes of at least 4 members (excludes halogenated alkanes) is 1. The minimum atomic E-state index is -0.411. The van der Waals surface area contributed by atoms with E-state index in [0.29, 0.717) is 18.9 Å². The van der Waals surface area contributed by atoms with Gasteiger partial charge in [0.2, 0.25) is 0 Å². The van der Waals surface area contributed by atoms with Crippen molar-refractivity contribution in [3.63, 3.8) is 0 Å². The lowest BCUT2D eigenvalue weighted by molar-refractivity contribution is 0.300. The molecule has 17 heavy (non-hydrogen) atoms. The van der Waals surface area contributed by atoms with E-state index in [9.17, 15) is 4.79 Å². The summed E-state index contributed by atoms with van der Waals surface area (Å²) in [6.45, 7) is 6.94. The third-order valence-corrected chi connectivity index (χ3v) is 2.32. The summed E-state index contributed by atoms with van der Waals surface area (Å²) < 4.78 is 7.06. The molecule has 0 radical (unpaired) electrons. The summed E-state index contributed by atoms with van der Waals surface area (Å²) in [6.07, 6.45) is 3.75. The van der Waals surface area contributed by atoms with Gasteiger partial charge in [-0.3, -0.25) is 4.79 Å². The Morgan fingerprint density at radius 2 is 2.18 bits per heavy atom. The molecule has 4 nitrogen and oxygen atoms in total. The van der Waals surface area contributed by atoms with Crippen LogP contribution in [-0.4, -0.2) is 16.7 Å². The van der Waals surface area contributed by atoms with Crippen molar-refractivity contribution in [3.05, 3.63) is 28.7 Å². The molecule has 96 valence electrons. The number of rotatable bonds is 6. The maximum atomic E-state index is 12.0. The van der Waals surface area contributed by atoms with E-state index in [4.69, 9.17) is 10.5 Å². The van der Waals surface area contributed by atoms with Crippen LogP contribution < -0.4 is 16.0 Å². The van der Waals surface area contributed by atoms with E-state index in [1.807, 2.05) is 19.9 Å². The van der Waals surface area contributed by atoms with E-state index in [1.54, 1.807) is 16.8 Å². The molecule has 0 unspecified atom stereocenters. The monoisotopic (exact) mass is 238 g/mol. The van der Waals surface area contributed by atoms with E-state index in [-0.39, 0.29) is 5.56 Å². The van der Waals surface area contributed by atoms with E-state index < -0.39 is 5.54 Å². The summed E-state index contributed by atoms with van der Waals surface area (Å²) in [5, 5.41) is 0.